The van der Waals surface area contributed by atoms with Crippen LogP contribution in [-0.4, -0.2) is 21.1 Å². The quantitative estimate of drug-likeness (QED) is 0.455. The van der Waals surface area contributed by atoms with Gasteiger partial charge < -0.3 is 15.3 Å². The molecule has 0 aliphatic rings. The van der Waals surface area contributed by atoms with Gasteiger partial charge in [-0.2, -0.15) is 0 Å². The van der Waals surface area contributed by atoms with E-state index in [0.29, 0.717) is 5.56 Å². The molecule has 0 amide bonds. The number of phenols is 3. The highest BCUT2D eigenvalue weighted by atomic mass is 16.3. The predicted molar refractivity (Wildman–Crippen MR) is 76.0 cm³/mol. The fourth-order valence-corrected chi connectivity index (χ4v) is 1.78. The molecule has 0 bridgehead atoms. The summed E-state index contributed by atoms with van der Waals surface area (Å²) in [6.45, 7) is 1.82. The molecule has 0 heterocycles. The zero-order chi connectivity index (χ0) is 14.7. The number of phenolic OH excluding ortho intramolecular Hbond substituents is 3. The minimum absolute atomic E-state index is 0.00620. The monoisotopic (exact) mass is 270 g/mol. The summed E-state index contributed by atoms with van der Waals surface area (Å²) in [6, 6.07) is 8.78. The van der Waals surface area contributed by atoms with Crippen molar-refractivity contribution in [2.45, 2.75) is 6.92 Å². The van der Waals surface area contributed by atoms with Gasteiger partial charge in [0.2, 0.25) is 0 Å². The Morgan fingerprint density at radius 3 is 2.45 bits per heavy atom. The van der Waals surface area contributed by atoms with E-state index in [0.717, 1.165) is 5.56 Å². The molecule has 20 heavy (non-hydrogen) atoms. The Kier molecular flexibility index (Phi) is 3.75. The third-order valence-electron chi connectivity index (χ3n) is 2.84. The van der Waals surface area contributed by atoms with Crippen LogP contribution in [0.1, 0.15) is 21.5 Å². The van der Waals surface area contributed by atoms with Gasteiger partial charge in [0.05, 0.1) is 5.56 Å². The molecule has 0 spiro atoms. The Bertz CT molecular complexity index is 687. The summed E-state index contributed by atoms with van der Waals surface area (Å²) < 4.78 is 0. The highest BCUT2D eigenvalue weighted by Gasteiger charge is 2.08. The molecule has 0 radical (unpaired) electrons. The summed E-state index contributed by atoms with van der Waals surface area (Å²) in [5, 5.41) is 28.6. The predicted octanol–water partition coefficient (Wildman–Crippen LogP) is 3.01. The molecule has 0 aliphatic heterocycles. The largest absolute Gasteiger partial charge is 0.508 e. The van der Waals surface area contributed by atoms with Gasteiger partial charge in [-0.25, -0.2) is 0 Å². The van der Waals surface area contributed by atoms with Crippen LogP contribution in [0.4, 0.5) is 0 Å². The van der Waals surface area contributed by atoms with Crippen molar-refractivity contribution in [3.63, 3.8) is 0 Å². The summed E-state index contributed by atoms with van der Waals surface area (Å²) in [5.74, 6) is -0.520. The SMILES string of the molecule is Cc1ccc(O)c(C(=O)/C=C/c2cc(O)ccc2O)c1. The molecule has 2 rings (SSSR count). The van der Waals surface area contributed by atoms with Crippen LogP contribution in [-0.2, 0) is 0 Å². The zero-order valence-corrected chi connectivity index (χ0v) is 10.9. The van der Waals surface area contributed by atoms with Crippen LogP contribution in [0, 0.1) is 6.92 Å². The second-order valence-electron chi connectivity index (χ2n) is 4.46. The maximum absolute atomic E-state index is 12.0. The Hall–Kier alpha value is -2.75. The molecular weight excluding hydrogens is 256 g/mol. The van der Waals surface area contributed by atoms with Gasteiger partial charge in [0.15, 0.2) is 5.78 Å². The highest BCUT2D eigenvalue weighted by Crippen LogP contribution is 2.24. The van der Waals surface area contributed by atoms with Crippen LogP contribution in [0.5, 0.6) is 17.2 Å². The molecule has 102 valence electrons. The second kappa shape index (κ2) is 5.48. The van der Waals surface area contributed by atoms with Crippen molar-refractivity contribution in [2.24, 2.45) is 0 Å². The number of aryl methyl sites for hydroxylation is 1. The van der Waals surface area contributed by atoms with Crippen LogP contribution < -0.4 is 0 Å². The van der Waals surface area contributed by atoms with Crippen molar-refractivity contribution in [1.29, 1.82) is 0 Å². The van der Waals surface area contributed by atoms with Crippen molar-refractivity contribution < 1.29 is 20.1 Å². The molecule has 0 aromatic heterocycles. The van der Waals surface area contributed by atoms with Crippen molar-refractivity contribution in [1.82, 2.24) is 0 Å². The first-order chi connectivity index (χ1) is 9.47. The lowest BCUT2D eigenvalue weighted by atomic mass is 10.1. The van der Waals surface area contributed by atoms with Gasteiger partial charge in [0.1, 0.15) is 17.2 Å². The van der Waals surface area contributed by atoms with Gasteiger partial charge in [-0.3, -0.25) is 4.79 Å². The number of carbonyl (C=O) groups excluding carboxylic acids is 1. The smallest absolute Gasteiger partial charge is 0.189 e. The molecule has 0 fully saturated rings. The topological polar surface area (TPSA) is 77.8 Å². The highest BCUT2D eigenvalue weighted by molar-refractivity contribution is 6.08. The van der Waals surface area contributed by atoms with E-state index < -0.39 is 0 Å². The standard InChI is InChI=1S/C16H14O4/c1-10-2-5-15(19)13(8-10)16(20)6-3-11-9-12(17)4-7-14(11)18/h2-9,17-19H,1H3/b6-3+. The summed E-state index contributed by atoms with van der Waals surface area (Å²) in [5.41, 5.74) is 1.38. The number of hydrogen-bond acceptors (Lipinski definition) is 4. The van der Waals surface area contributed by atoms with E-state index in [-0.39, 0.29) is 28.6 Å². The first kappa shape index (κ1) is 13.7. The van der Waals surface area contributed by atoms with Crippen molar-refractivity contribution in [2.75, 3.05) is 0 Å². The number of carbonyl (C=O) groups is 1. The maximum atomic E-state index is 12.0. The third kappa shape index (κ3) is 2.98. The average molecular weight is 270 g/mol. The van der Waals surface area contributed by atoms with Crippen LogP contribution in [0.15, 0.2) is 42.5 Å². The van der Waals surface area contributed by atoms with Gasteiger partial charge in [-0.15, -0.1) is 0 Å². The van der Waals surface area contributed by atoms with E-state index in [4.69, 9.17) is 0 Å². The van der Waals surface area contributed by atoms with Crippen LogP contribution in [0.25, 0.3) is 6.08 Å². The number of allylic oxidation sites excluding steroid dienone is 1. The Labute approximate surface area is 116 Å². The van der Waals surface area contributed by atoms with Crippen LogP contribution in [0.3, 0.4) is 0 Å². The third-order valence-corrected chi connectivity index (χ3v) is 2.84. The number of ketones is 1. The molecule has 4 nitrogen and oxygen atoms in total. The Morgan fingerprint density at radius 1 is 1.00 bits per heavy atom. The molecule has 2 aromatic rings. The van der Waals surface area contributed by atoms with Crippen molar-refractivity contribution >= 4 is 11.9 Å². The summed E-state index contributed by atoms with van der Waals surface area (Å²) in [4.78, 5) is 12.0. The number of aromatic hydroxyl groups is 3. The van der Waals surface area contributed by atoms with Gasteiger partial charge in [-0.1, -0.05) is 11.6 Å². The van der Waals surface area contributed by atoms with E-state index in [9.17, 15) is 20.1 Å². The average Bonchev–Trinajstić information content (AvgIpc) is 2.42. The van der Waals surface area contributed by atoms with E-state index >= 15 is 0 Å². The lowest BCUT2D eigenvalue weighted by Crippen LogP contribution is -1.95. The normalized spacial score (nSPS) is 10.8. The maximum Gasteiger partial charge on any atom is 0.189 e. The minimum atomic E-state index is -0.381. The summed E-state index contributed by atoms with van der Waals surface area (Å²) in [6.07, 6.45) is 2.63. The molecule has 0 unspecified atom stereocenters. The fourth-order valence-electron chi connectivity index (χ4n) is 1.78. The number of rotatable bonds is 3. The van der Waals surface area contributed by atoms with Crippen molar-refractivity contribution in [3.8, 4) is 17.2 Å². The minimum Gasteiger partial charge on any atom is -0.508 e. The molecular formula is C16H14O4. The molecule has 2 aromatic carbocycles. The van der Waals surface area contributed by atoms with Gasteiger partial charge in [-0.05, 0) is 49.4 Å². The Morgan fingerprint density at radius 2 is 1.70 bits per heavy atom. The van der Waals surface area contributed by atoms with Crippen LogP contribution >= 0.6 is 0 Å². The van der Waals surface area contributed by atoms with E-state index in [1.807, 2.05) is 6.92 Å². The van der Waals surface area contributed by atoms with E-state index in [2.05, 4.69) is 0 Å². The van der Waals surface area contributed by atoms with Crippen LogP contribution in [0.2, 0.25) is 0 Å². The zero-order valence-electron chi connectivity index (χ0n) is 10.9. The lowest BCUT2D eigenvalue weighted by molar-refractivity contribution is 0.104. The molecule has 0 aliphatic carbocycles. The first-order valence-electron chi connectivity index (χ1n) is 6.01. The van der Waals surface area contributed by atoms with Gasteiger partial charge in [0.25, 0.3) is 0 Å². The lowest BCUT2D eigenvalue weighted by Gasteiger charge is -2.02. The summed E-state index contributed by atoms with van der Waals surface area (Å²) >= 11 is 0. The molecule has 0 saturated carbocycles. The fraction of sp³-hybridized carbons (Fsp3) is 0.0625. The first-order valence-corrected chi connectivity index (χ1v) is 6.01. The van der Waals surface area contributed by atoms with Gasteiger partial charge >= 0.3 is 0 Å². The number of benzene rings is 2. The molecule has 0 atom stereocenters. The second-order valence-corrected chi connectivity index (χ2v) is 4.46. The summed E-state index contributed by atoms with van der Waals surface area (Å²) in [7, 11) is 0. The van der Waals surface area contributed by atoms with Gasteiger partial charge in [0, 0.05) is 5.56 Å². The van der Waals surface area contributed by atoms with E-state index in [1.54, 1.807) is 12.1 Å². The Balaban J connectivity index is 2.29. The van der Waals surface area contributed by atoms with E-state index in [1.165, 1.54) is 36.4 Å². The number of hydrogen-bond donors (Lipinski definition) is 3. The molecule has 0 saturated heterocycles. The molecule has 3 N–H and O–H groups in total. The molecule has 4 heteroatoms. The van der Waals surface area contributed by atoms with Crippen molar-refractivity contribution in [3.05, 3.63) is 59.2 Å².